The van der Waals surface area contributed by atoms with E-state index >= 15 is 0 Å². The van der Waals surface area contributed by atoms with Crippen molar-refractivity contribution in [2.24, 2.45) is 25.9 Å². The first-order chi connectivity index (χ1) is 13.4. The predicted molar refractivity (Wildman–Crippen MR) is 107 cm³/mol. The van der Waals surface area contributed by atoms with E-state index in [1.807, 2.05) is 18.2 Å². The predicted octanol–water partition coefficient (Wildman–Crippen LogP) is 1.96. The highest BCUT2D eigenvalue weighted by molar-refractivity contribution is 5.85. The van der Waals surface area contributed by atoms with Gasteiger partial charge in [0.2, 0.25) is 0 Å². The maximum atomic E-state index is 13.1. The van der Waals surface area contributed by atoms with Gasteiger partial charge in [-0.25, -0.2) is 4.79 Å². The van der Waals surface area contributed by atoms with E-state index in [2.05, 4.69) is 24.4 Å². The molecule has 0 spiro atoms. The van der Waals surface area contributed by atoms with E-state index in [0.717, 1.165) is 5.69 Å². The highest BCUT2D eigenvalue weighted by atomic mass is 16.2. The smallest absolute Gasteiger partial charge is 0.330 e. The van der Waals surface area contributed by atoms with Crippen molar-refractivity contribution in [3.63, 3.8) is 0 Å². The minimum atomic E-state index is -0.343. The molecule has 0 saturated heterocycles. The van der Waals surface area contributed by atoms with Crippen LogP contribution in [0.3, 0.4) is 0 Å². The van der Waals surface area contributed by atoms with Crippen LogP contribution in [0.2, 0.25) is 0 Å². The molecule has 1 aromatic heterocycles. The lowest BCUT2D eigenvalue weighted by Crippen LogP contribution is -2.50. The summed E-state index contributed by atoms with van der Waals surface area (Å²) in [5.74, 6) is 0.0216. The summed E-state index contributed by atoms with van der Waals surface area (Å²) in [6.45, 7) is 2.09. The van der Waals surface area contributed by atoms with Crippen LogP contribution in [0.15, 0.2) is 39.9 Å². The van der Waals surface area contributed by atoms with E-state index < -0.39 is 0 Å². The van der Waals surface area contributed by atoms with Gasteiger partial charge in [-0.15, -0.1) is 0 Å². The number of rotatable bonds is 0. The monoisotopic (exact) mass is 377 g/mol. The fourth-order valence-electron chi connectivity index (χ4n) is 5.51. The van der Waals surface area contributed by atoms with Crippen LogP contribution in [-0.4, -0.2) is 14.9 Å². The Hall–Kier alpha value is -2.89. The van der Waals surface area contributed by atoms with Gasteiger partial charge >= 0.3 is 5.69 Å². The Morgan fingerprint density at radius 1 is 1.07 bits per heavy atom. The SMILES string of the molecule is Cc1cccc2c1[C@H]1C=CCC(=O)[C@H]3Cc4c(c(=O)n(C)c(=O)n4C)[C@@H](N2)[C@H]31. The first-order valence-corrected chi connectivity index (χ1v) is 9.74. The van der Waals surface area contributed by atoms with Crippen molar-refractivity contribution < 1.29 is 4.79 Å². The molecule has 1 aliphatic heterocycles. The van der Waals surface area contributed by atoms with Crippen LogP contribution in [-0.2, 0) is 25.3 Å². The molecule has 1 aromatic carbocycles. The number of carbonyl (C=O) groups is 1. The molecule has 0 radical (unpaired) electrons. The number of hydrogen-bond donors (Lipinski definition) is 1. The maximum absolute atomic E-state index is 13.1. The van der Waals surface area contributed by atoms with Crippen molar-refractivity contribution in [2.45, 2.75) is 31.7 Å². The molecule has 0 saturated carbocycles. The number of ketones is 1. The molecule has 6 heteroatoms. The van der Waals surface area contributed by atoms with Crippen LogP contribution >= 0.6 is 0 Å². The molecule has 6 nitrogen and oxygen atoms in total. The maximum Gasteiger partial charge on any atom is 0.330 e. The van der Waals surface area contributed by atoms with E-state index in [1.165, 1.54) is 22.7 Å². The molecule has 28 heavy (non-hydrogen) atoms. The Labute approximate surface area is 162 Å². The van der Waals surface area contributed by atoms with Gasteiger partial charge in [-0.05, 0) is 30.5 Å². The van der Waals surface area contributed by atoms with E-state index in [0.29, 0.717) is 24.1 Å². The Morgan fingerprint density at radius 2 is 1.86 bits per heavy atom. The summed E-state index contributed by atoms with van der Waals surface area (Å²) in [5, 5.41) is 3.57. The second kappa shape index (κ2) is 5.80. The standard InChI is InChI=1S/C22H23N3O3/c1-11-6-4-8-14-17(11)12-7-5-9-16(26)13-10-15-19(20(23-14)18(12)13)21(27)25(3)22(28)24(15)2/h4-8,12-13,18,20,23H,9-10H2,1-3H3/t12-,13-,18+,20+/m1/s1. The third-order valence-electron chi connectivity index (χ3n) is 6.86. The normalized spacial score (nSPS) is 27.3. The molecule has 2 aliphatic carbocycles. The second-order valence-corrected chi connectivity index (χ2v) is 8.24. The molecule has 5 rings (SSSR count). The number of carbonyl (C=O) groups excluding carboxylic acids is 1. The van der Waals surface area contributed by atoms with Gasteiger partial charge in [-0.2, -0.15) is 0 Å². The number of nitrogens with one attached hydrogen (secondary N) is 1. The molecule has 144 valence electrons. The topological polar surface area (TPSA) is 73.1 Å². The van der Waals surface area contributed by atoms with Crippen molar-refractivity contribution in [3.05, 3.63) is 73.6 Å². The number of anilines is 1. The zero-order valence-corrected chi connectivity index (χ0v) is 16.2. The molecule has 0 bridgehead atoms. The molecule has 4 atom stereocenters. The van der Waals surface area contributed by atoms with Crippen molar-refractivity contribution >= 4 is 11.5 Å². The zero-order valence-electron chi connectivity index (χ0n) is 16.2. The fraction of sp³-hybridized carbons (Fsp3) is 0.409. The second-order valence-electron chi connectivity index (χ2n) is 8.24. The molecule has 0 unspecified atom stereocenters. The Balaban J connectivity index is 1.84. The molecule has 0 fully saturated rings. The van der Waals surface area contributed by atoms with E-state index in [-0.39, 0.29) is 40.8 Å². The molecule has 1 N–H and O–H groups in total. The minimum Gasteiger partial charge on any atom is -0.377 e. The molecule has 2 aromatic rings. The first-order valence-electron chi connectivity index (χ1n) is 9.74. The molecule has 0 amide bonds. The number of allylic oxidation sites excluding steroid dienone is 2. The van der Waals surface area contributed by atoms with Crippen molar-refractivity contribution in [2.75, 3.05) is 5.32 Å². The fourth-order valence-corrected chi connectivity index (χ4v) is 5.51. The van der Waals surface area contributed by atoms with Crippen molar-refractivity contribution in [1.29, 1.82) is 0 Å². The molecule has 3 aliphatic rings. The largest absolute Gasteiger partial charge is 0.377 e. The summed E-state index contributed by atoms with van der Waals surface area (Å²) in [5.41, 5.74) is 4.13. The highest BCUT2D eigenvalue weighted by Gasteiger charge is 2.49. The zero-order chi connectivity index (χ0) is 19.7. The van der Waals surface area contributed by atoms with Crippen LogP contribution in [0.1, 0.15) is 40.8 Å². The van der Waals surface area contributed by atoms with Crippen molar-refractivity contribution in [3.8, 4) is 0 Å². The van der Waals surface area contributed by atoms with E-state index in [1.54, 1.807) is 11.6 Å². The summed E-state index contributed by atoms with van der Waals surface area (Å²) in [6, 6.07) is 5.85. The lowest BCUT2D eigenvalue weighted by atomic mass is 9.63. The van der Waals surface area contributed by atoms with Gasteiger partial charge in [0.1, 0.15) is 5.78 Å². The summed E-state index contributed by atoms with van der Waals surface area (Å²) >= 11 is 0. The summed E-state index contributed by atoms with van der Waals surface area (Å²) in [4.78, 5) is 38.6. The number of aryl methyl sites for hydroxylation is 1. The third kappa shape index (κ3) is 2.11. The lowest BCUT2D eigenvalue weighted by molar-refractivity contribution is -0.124. The number of benzene rings is 1. The average molecular weight is 377 g/mol. The minimum absolute atomic E-state index is 0.0300. The Bertz CT molecular complexity index is 1170. The van der Waals surface area contributed by atoms with Gasteiger partial charge in [0, 0.05) is 49.7 Å². The Kier molecular flexibility index (Phi) is 3.57. The van der Waals surface area contributed by atoms with Crippen LogP contribution in [0.25, 0.3) is 0 Å². The first kappa shape index (κ1) is 17.2. The van der Waals surface area contributed by atoms with Gasteiger partial charge in [0.15, 0.2) is 0 Å². The summed E-state index contributed by atoms with van der Waals surface area (Å²) < 4.78 is 2.72. The number of aromatic nitrogens is 2. The van der Waals surface area contributed by atoms with Gasteiger partial charge in [0.25, 0.3) is 5.56 Å². The van der Waals surface area contributed by atoms with Gasteiger partial charge in [0.05, 0.1) is 11.6 Å². The van der Waals surface area contributed by atoms with Gasteiger partial charge < -0.3 is 9.88 Å². The third-order valence-corrected chi connectivity index (χ3v) is 6.86. The van der Waals surface area contributed by atoms with Crippen LogP contribution in [0.5, 0.6) is 0 Å². The summed E-state index contributed by atoms with van der Waals surface area (Å²) in [7, 11) is 3.21. The Morgan fingerprint density at radius 3 is 2.64 bits per heavy atom. The lowest BCUT2D eigenvalue weighted by Gasteiger charge is -2.46. The van der Waals surface area contributed by atoms with Crippen LogP contribution in [0, 0.1) is 18.8 Å². The quantitative estimate of drug-likeness (QED) is 0.713. The number of nitrogens with zero attached hydrogens (tertiary/aromatic N) is 2. The number of fused-ring (bicyclic) bond motifs is 4. The average Bonchev–Trinajstić information content (AvgIpc) is 2.84. The molecular weight excluding hydrogens is 354 g/mol. The van der Waals surface area contributed by atoms with Crippen LogP contribution in [0.4, 0.5) is 5.69 Å². The van der Waals surface area contributed by atoms with E-state index in [4.69, 9.17) is 0 Å². The highest BCUT2D eigenvalue weighted by Crippen LogP contribution is 2.53. The van der Waals surface area contributed by atoms with Gasteiger partial charge in [-0.1, -0.05) is 24.3 Å². The molecular formula is C22H23N3O3. The summed E-state index contributed by atoms with van der Waals surface area (Å²) in [6.07, 6.45) is 4.98. The number of Topliss-reactive ketones (excluding diaryl/α,β-unsaturated/α-hetero) is 1. The van der Waals surface area contributed by atoms with Crippen LogP contribution < -0.4 is 16.6 Å². The van der Waals surface area contributed by atoms with E-state index in [9.17, 15) is 14.4 Å². The number of hydrogen-bond acceptors (Lipinski definition) is 4. The van der Waals surface area contributed by atoms with Gasteiger partial charge in [-0.3, -0.25) is 14.2 Å². The van der Waals surface area contributed by atoms with Crippen molar-refractivity contribution in [1.82, 2.24) is 9.13 Å². The molecule has 2 heterocycles.